The zero-order valence-corrected chi connectivity index (χ0v) is 8.99. The van der Waals surface area contributed by atoms with Gasteiger partial charge in [0.05, 0.1) is 6.20 Å². The van der Waals surface area contributed by atoms with Gasteiger partial charge in [-0.3, -0.25) is 0 Å². The standard InChI is InChI=1S/C7H6F3N3O3S/c8-7(9,10)17(14,15)16-6-4-12-13-5(6)2-1-3-11-13/h3-4H,1-2H2. The lowest BCUT2D eigenvalue weighted by Gasteiger charge is -2.10. The van der Waals surface area contributed by atoms with Crippen LogP contribution in [0.4, 0.5) is 13.2 Å². The molecular formula is C7H6F3N3O3S. The van der Waals surface area contributed by atoms with Gasteiger partial charge in [-0.2, -0.15) is 36.6 Å². The first-order chi connectivity index (χ1) is 7.81. The smallest absolute Gasteiger partial charge is 0.372 e. The average molecular weight is 269 g/mol. The van der Waals surface area contributed by atoms with Crippen molar-refractivity contribution < 1.29 is 25.8 Å². The predicted octanol–water partition coefficient (Wildman–Crippen LogP) is 0.892. The molecule has 1 aliphatic heterocycles. The predicted molar refractivity (Wildman–Crippen MR) is 50.0 cm³/mol. The van der Waals surface area contributed by atoms with Gasteiger partial charge in [0, 0.05) is 12.6 Å². The van der Waals surface area contributed by atoms with Gasteiger partial charge in [-0.1, -0.05) is 0 Å². The summed E-state index contributed by atoms with van der Waals surface area (Å²) in [6, 6.07) is 0. The van der Waals surface area contributed by atoms with E-state index >= 15 is 0 Å². The summed E-state index contributed by atoms with van der Waals surface area (Å²) < 4.78 is 61.8. The highest BCUT2D eigenvalue weighted by Crippen LogP contribution is 2.29. The molecule has 0 spiro atoms. The van der Waals surface area contributed by atoms with E-state index in [1.165, 1.54) is 6.21 Å². The number of fused-ring (bicyclic) bond motifs is 1. The molecule has 0 amide bonds. The monoisotopic (exact) mass is 269 g/mol. The van der Waals surface area contributed by atoms with Crippen LogP contribution in [-0.4, -0.2) is 30.0 Å². The molecule has 0 bridgehead atoms. The Balaban J connectivity index is 2.32. The minimum absolute atomic E-state index is 0.195. The van der Waals surface area contributed by atoms with Crippen molar-refractivity contribution in [3.8, 4) is 5.75 Å². The van der Waals surface area contributed by atoms with E-state index in [0.29, 0.717) is 12.8 Å². The van der Waals surface area contributed by atoms with Crippen molar-refractivity contribution in [2.45, 2.75) is 18.3 Å². The molecule has 2 heterocycles. The number of halogens is 3. The highest BCUT2D eigenvalue weighted by atomic mass is 32.2. The van der Waals surface area contributed by atoms with Crippen LogP contribution in [0.15, 0.2) is 11.3 Å². The van der Waals surface area contributed by atoms with Crippen LogP contribution in [0.2, 0.25) is 0 Å². The van der Waals surface area contributed by atoms with Crippen LogP contribution in [0.5, 0.6) is 5.75 Å². The van der Waals surface area contributed by atoms with Crippen molar-refractivity contribution in [3.05, 3.63) is 11.9 Å². The second kappa shape index (κ2) is 3.72. The first kappa shape index (κ1) is 11.9. The van der Waals surface area contributed by atoms with Gasteiger partial charge in [0.2, 0.25) is 0 Å². The number of alkyl halides is 3. The van der Waals surface area contributed by atoms with Gasteiger partial charge < -0.3 is 4.18 Å². The van der Waals surface area contributed by atoms with Gasteiger partial charge in [0.15, 0.2) is 5.75 Å². The zero-order chi connectivity index (χ0) is 12.7. The SMILES string of the molecule is O=S(=O)(Oc1cnn2c1CCC=N2)C(F)(F)F. The summed E-state index contributed by atoms with van der Waals surface area (Å²) in [5.74, 6) is -0.445. The molecule has 1 aromatic heterocycles. The lowest BCUT2D eigenvalue weighted by Crippen LogP contribution is -2.28. The summed E-state index contributed by atoms with van der Waals surface area (Å²) in [6.45, 7) is 0. The zero-order valence-electron chi connectivity index (χ0n) is 8.18. The fourth-order valence-electron chi connectivity index (χ4n) is 1.24. The molecule has 0 saturated carbocycles. The average Bonchev–Trinajstić information content (AvgIpc) is 2.60. The van der Waals surface area contributed by atoms with Crippen LogP contribution >= 0.6 is 0 Å². The molecule has 0 atom stereocenters. The third-order valence-electron chi connectivity index (χ3n) is 1.99. The van der Waals surface area contributed by atoms with Crippen LogP contribution in [-0.2, 0) is 16.5 Å². The normalized spacial score (nSPS) is 15.7. The summed E-state index contributed by atoms with van der Waals surface area (Å²) in [6.07, 6.45) is 3.20. The van der Waals surface area contributed by atoms with Crippen molar-refractivity contribution in [1.29, 1.82) is 0 Å². The largest absolute Gasteiger partial charge is 0.534 e. The first-order valence-corrected chi connectivity index (χ1v) is 5.82. The molecule has 94 valence electrons. The van der Waals surface area contributed by atoms with Gasteiger partial charge in [0.25, 0.3) is 0 Å². The molecule has 2 rings (SSSR count). The van der Waals surface area contributed by atoms with Crippen molar-refractivity contribution >= 4 is 16.3 Å². The van der Waals surface area contributed by atoms with Crippen LogP contribution in [0.1, 0.15) is 12.1 Å². The van der Waals surface area contributed by atoms with E-state index in [9.17, 15) is 21.6 Å². The van der Waals surface area contributed by atoms with E-state index < -0.39 is 21.4 Å². The number of rotatable bonds is 2. The third kappa shape index (κ3) is 2.12. The van der Waals surface area contributed by atoms with Crippen LogP contribution in [0.25, 0.3) is 0 Å². The molecular weight excluding hydrogens is 263 g/mol. The van der Waals surface area contributed by atoms with E-state index in [2.05, 4.69) is 14.4 Å². The topological polar surface area (TPSA) is 73.6 Å². The van der Waals surface area contributed by atoms with E-state index in [-0.39, 0.29) is 5.69 Å². The van der Waals surface area contributed by atoms with Crippen LogP contribution < -0.4 is 4.18 Å². The Morgan fingerprint density at radius 1 is 1.41 bits per heavy atom. The van der Waals surface area contributed by atoms with Gasteiger partial charge in [0.1, 0.15) is 5.69 Å². The Kier molecular flexibility index (Phi) is 2.60. The first-order valence-electron chi connectivity index (χ1n) is 4.42. The van der Waals surface area contributed by atoms with E-state index in [1.807, 2.05) is 0 Å². The summed E-state index contributed by atoms with van der Waals surface area (Å²) in [7, 11) is -5.66. The quantitative estimate of drug-likeness (QED) is 0.590. The molecule has 6 nitrogen and oxygen atoms in total. The highest BCUT2D eigenvalue weighted by Gasteiger charge is 2.49. The highest BCUT2D eigenvalue weighted by molar-refractivity contribution is 7.88. The molecule has 0 N–H and O–H groups in total. The number of nitrogens with zero attached hydrogens (tertiary/aromatic N) is 3. The Morgan fingerprint density at radius 3 is 2.76 bits per heavy atom. The van der Waals surface area contributed by atoms with Crippen molar-refractivity contribution in [2.24, 2.45) is 5.10 Å². The maximum absolute atomic E-state index is 12.1. The van der Waals surface area contributed by atoms with Crippen molar-refractivity contribution in [2.75, 3.05) is 0 Å². The molecule has 0 fully saturated rings. The van der Waals surface area contributed by atoms with E-state index in [4.69, 9.17) is 0 Å². The minimum atomic E-state index is -5.66. The maximum Gasteiger partial charge on any atom is 0.534 e. The summed E-state index contributed by atoms with van der Waals surface area (Å²) in [4.78, 5) is 1.03. The van der Waals surface area contributed by atoms with Gasteiger partial charge in [-0.05, 0) is 6.42 Å². The third-order valence-corrected chi connectivity index (χ3v) is 2.96. The fourth-order valence-corrected chi connectivity index (χ4v) is 1.71. The molecule has 0 unspecified atom stereocenters. The lowest BCUT2D eigenvalue weighted by atomic mass is 10.2. The number of aromatic nitrogens is 2. The van der Waals surface area contributed by atoms with Gasteiger partial charge >= 0.3 is 15.6 Å². The molecule has 0 radical (unpaired) electrons. The Labute approximate surface area is 93.8 Å². The number of hydrogen-bond donors (Lipinski definition) is 0. The minimum Gasteiger partial charge on any atom is -0.372 e. The summed E-state index contributed by atoms with van der Waals surface area (Å²) >= 11 is 0. The molecule has 1 aromatic rings. The molecule has 0 aromatic carbocycles. The second-order valence-electron chi connectivity index (χ2n) is 3.16. The second-order valence-corrected chi connectivity index (χ2v) is 4.70. The van der Waals surface area contributed by atoms with Gasteiger partial charge in [-0.15, -0.1) is 0 Å². The number of hydrogen-bond acceptors (Lipinski definition) is 5. The molecule has 10 heteroatoms. The van der Waals surface area contributed by atoms with E-state index in [1.54, 1.807) is 0 Å². The van der Waals surface area contributed by atoms with Crippen molar-refractivity contribution in [1.82, 2.24) is 9.89 Å². The van der Waals surface area contributed by atoms with Crippen LogP contribution in [0.3, 0.4) is 0 Å². The molecule has 17 heavy (non-hydrogen) atoms. The lowest BCUT2D eigenvalue weighted by molar-refractivity contribution is -0.0500. The Hall–Kier alpha value is -1.58. The molecule has 0 aliphatic carbocycles. The molecule has 0 saturated heterocycles. The fraction of sp³-hybridized carbons (Fsp3) is 0.429. The van der Waals surface area contributed by atoms with Crippen LogP contribution in [0, 0.1) is 0 Å². The maximum atomic E-state index is 12.1. The Bertz CT molecular complexity index is 561. The molecule has 1 aliphatic rings. The Morgan fingerprint density at radius 2 is 2.12 bits per heavy atom. The summed E-state index contributed by atoms with van der Waals surface area (Å²) in [5.41, 5.74) is -5.26. The van der Waals surface area contributed by atoms with E-state index in [0.717, 1.165) is 11.0 Å². The summed E-state index contributed by atoms with van der Waals surface area (Å²) in [5, 5.41) is 7.32. The van der Waals surface area contributed by atoms with Gasteiger partial charge in [-0.25, -0.2) is 0 Å². The van der Waals surface area contributed by atoms with Crippen molar-refractivity contribution in [3.63, 3.8) is 0 Å².